The third-order valence-corrected chi connectivity index (χ3v) is 4.57. The molecule has 1 aromatic rings. The van der Waals surface area contributed by atoms with Crippen LogP contribution in [0.4, 0.5) is 20.6 Å². The predicted molar refractivity (Wildman–Crippen MR) is 86.7 cm³/mol. The molecule has 0 saturated carbocycles. The molecule has 1 aromatic carbocycles. The van der Waals surface area contributed by atoms with Crippen molar-refractivity contribution in [2.75, 3.05) is 36.5 Å². The van der Waals surface area contributed by atoms with Gasteiger partial charge in [0.2, 0.25) is 5.91 Å². The Bertz CT molecular complexity index is 690. The Morgan fingerprint density at radius 1 is 1.28 bits per heavy atom. The maximum absolute atomic E-state index is 14.5. The van der Waals surface area contributed by atoms with E-state index in [4.69, 9.17) is 4.74 Å². The van der Waals surface area contributed by atoms with Gasteiger partial charge in [0.1, 0.15) is 5.82 Å². The molecular weight excluding hydrogens is 333 g/mol. The van der Waals surface area contributed by atoms with Gasteiger partial charge in [-0.25, -0.2) is 9.18 Å². The molecule has 0 radical (unpaired) electrons. The minimum absolute atomic E-state index is 0.106. The number of aliphatic hydroxyl groups is 2. The van der Waals surface area contributed by atoms with Gasteiger partial charge in [-0.2, -0.15) is 0 Å². The number of likely N-dealkylation sites (N-methyl/N-ethyl adjacent to an activating group) is 1. The summed E-state index contributed by atoms with van der Waals surface area (Å²) >= 11 is 0. The van der Waals surface area contributed by atoms with Gasteiger partial charge in [0.15, 0.2) is 6.23 Å². The van der Waals surface area contributed by atoms with E-state index in [-0.39, 0.29) is 31.2 Å². The summed E-state index contributed by atoms with van der Waals surface area (Å²) in [5, 5.41) is 19.2. The van der Waals surface area contributed by atoms with Crippen LogP contribution in [0.3, 0.4) is 0 Å². The van der Waals surface area contributed by atoms with Crippen molar-refractivity contribution in [1.29, 1.82) is 0 Å². The fraction of sp³-hybridized carbons (Fsp3) is 0.500. The smallest absolute Gasteiger partial charge is 0.416 e. The standard InChI is InChI=1S/C16H20FN3O5/c1-9(21)18(2)15-8-20(16(24)25-15)10-3-4-12(11(17)5-10)19-6-13(22)14(23)7-19/h3-5,13-15,22-23H,6-8H2,1-2H3/t13-,14+,15?. The summed E-state index contributed by atoms with van der Waals surface area (Å²) in [4.78, 5) is 27.5. The average Bonchev–Trinajstić information content (AvgIpc) is 3.09. The van der Waals surface area contributed by atoms with Gasteiger partial charge in [0.05, 0.1) is 30.1 Å². The summed E-state index contributed by atoms with van der Waals surface area (Å²) in [5.41, 5.74) is 0.551. The van der Waals surface area contributed by atoms with Crippen LogP contribution in [0.25, 0.3) is 0 Å². The molecule has 2 fully saturated rings. The van der Waals surface area contributed by atoms with Crippen LogP contribution in [0.2, 0.25) is 0 Å². The van der Waals surface area contributed by atoms with Crippen LogP contribution >= 0.6 is 0 Å². The highest BCUT2D eigenvalue weighted by atomic mass is 19.1. The highest BCUT2D eigenvalue weighted by molar-refractivity contribution is 5.90. The molecule has 25 heavy (non-hydrogen) atoms. The second kappa shape index (κ2) is 6.49. The number of carbonyl (C=O) groups excluding carboxylic acids is 2. The molecule has 0 bridgehead atoms. The van der Waals surface area contributed by atoms with Crippen LogP contribution in [-0.2, 0) is 9.53 Å². The Morgan fingerprint density at radius 3 is 2.48 bits per heavy atom. The van der Waals surface area contributed by atoms with Crippen LogP contribution in [0.5, 0.6) is 0 Å². The number of benzene rings is 1. The normalized spacial score (nSPS) is 26.1. The topological polar surface area (TPSA) is 93.6 Å². The Morgan fingerprint density at radius 2 is 1.92 bits per heavy atom. The van der Waals surface area contributed by atoms with Gasteiger partial charge in [-0.05, 0) is 18.2 Å². The van der Waals surface area contributed by atoms with Crippen molar-refractivity contribution in [3.63, 3.8) is 0 Å². The van der Waals surface area contributed by atoms with Crippen molar-refractivity contribution in [3.8, 4) is 0 Å². The van der Waals surface area contributed by atoms with Crippen molar-refractivity contribution in [2.24, 2.45) is 0 Å². The number of rotatable bonds is 3. The highest BCUT2D eigenvalue weighted by Gasteiger charge is 2.36. The first-order valence-electron chi connectivity index (χ1n) is 7.90. The number of anilines is 2. The van der Waals surface area contributed by atoms with Gasteiger partial charge < -0.3 is 24.7 Å². The molecule has 2 saturated heterocycles. The van der Waals surface area contributed by atoms with E-state index in [2.05, 4.69) is 0 Å². The molecule has 0 aromatic heterocycles. The molecule has 9 heteroatoms. The minimum Gasteiger partial charge on any atom is -0.423 e. The third kappa shape index (κ3) is 3.24. The lowest BCUT2D eigenvalue weighted by atomic mass is 10.2. The zero-order valence-corrected chi connectivity index (χ0v) is 13.9. The molecule has 0 aliphatic carbocycles. The molecule has 0 spiro atoms. The van der Waals surface area contributed by atoms with E-state index >= 15 is 0 Å². The summed E-state index contributed by atoms with van der Waals surface area (Å²) < 4.78 is 19.6. The number of amides is 2. The molecule has 3 rings (SSSR count). The Hall–Kier alpha value is -2.39. The Kier molecular flexibility index (Phi) is 4.53. The van der Waals surface area contributed by atoms with E-state index in [1.54, 1.807) is 11.0 Å². The number of aliphatic hydroxyl groups excluding tert-OH is 2. The maximum Gasteiger partial charge on any atom is 0.416 e. The molecule has 2 aliphatic rings. The summed E-state index contributed by atoms with van der Waals surface area (Å²) in [6, 6.07) is 4.25. The lowest BCUT2D eigenvalue weighted by Gasteiger charge is -2.21. The zero-order chi connectivity index (χ0) is 18.3. The van der Waals surface area contributed by atoms with Crippen molar-refractivity contribution < 1.29 is 28.9 Å². The van der Waals surface area contributed by atoms with Gasteiger partial charge in [-0.3, -0.25) is 9.69 Å². The van der Waals surface area contributed by atoms with Crippen LogP contribution in [0.1, 0.15) is 6.92 Å². The van der Waals surface area contributed by atoms with Gasteiger partial charge in [0, 0.05) is 27.1 Å². The first-order valence-corrected chi connectivity index (χ1v) is 7.90. The van der Waals surface area contributed by atoms with Crippen LogP contribution in [-0.4, -0.2) is 72.2 Å². The quantitative estimate of drug-likeness (QED) is 0.802. The average molecular weight is 353 g/mol. The first kappa shape index (κ1) is 17.4. The number of ether oxygens (including phenoxy) is 1. The molecular formula is C16H20FN3O5. The van der Waals surface area contributed by atoms with E-state index < -0.39 is 30.3 Å². The van der Waals surface area contributed by atoms with Gasteiger partial charge in [0.25, 0.3) is 0 Å². The van der Waals surface area contributed by atoms with Crippen LogP contribution < -0.4 is 9.80 Å². The number of carbonyl (C=O) groups is 2. The highest BCUT2D eigenvalue weighted by Crippen LogP contribution is 2.30. The van der Waals surface area contributed by atoms with Crippen LogP contribution in [0, 0.1) is 5.82 Å². The number of halogens is 1. The number of β-amino-alcohol motifs (C(OH)–C–C–N with tert-alkyl or cyclic N) is 2. The molecule has 2 heterocycles. The lowest BCUT2D eigenvalue weighted by molar-refractivity contribution is -0.134. The lowest BCUT2D eigenvalue weighted by Crippen LogP contribution is -2.38. The van der Waals surface area contributed by atoms with E-state index in [0.29, 0.717) is 5.69 Å². The van der Waals surface area contributed by atoms with Gasteiger partial charge >= 0.3 is 6.09 Å². The van der Waals surface area contributed by atoms with E-state index in [9.17, 15) is 24.2 Å². The molecule has 136 valence electrons. The van der Waals surface area contributed by atoms with E-state index in [0.717, 1.165) is 0 Å². The summed E-state index contributed by atoms with van der Waals surface area (Å²) in [6.07, 6.45) is -3.22. The summed E-state index contributed by atoms with van der Waals surface area (Å²) in [5.74, 6) is -0.817. The first-order chi connectivity index (χ1) is 11.8. The number of hydrogen-bond donors (Lipinski definition) is 2. The number of nitrogens with zero attached hydrogens (tertiary/aromatic N) is 3. The van der Waals surface area contributed by atoms with Crippen molar-refractivity contribution in [3.05, 3.63) is 24.0 Å². The number of cyclic esters (lactones) is 1. The summed E-state index contributed by atoms with van der Waals surface area (Å²) in [6.45, 7) is 1.74. The zero-order valence-electron chi connectivity index (χ0n) is 13.9. The third-order valence-electron chi connectivity index (χ3n) is 4.57. The number of hydrogen-bond acceptors (Lipinski definition) is 6. The molecule has 2 N–H and O–H groups in total. The summed E-state index contributed by atoms with van der Waals surface area (Å²) in [7, 11) is 1.53. The minimum atomic E-state index is -0.921. The van der Waals surface area contributed by atoms with Gasteiger partial charge in [-0.1, -0.05) is 0 Å². The molecule has 1 unspecified atom stereocenters. The SMILES string of the molecule is CC(=O)N(C)C1CN(c2ccc(N3C[C@@H](O)[C@@H](O)C3)c(F)c2)C(=O)O1. The molecule has 8 nitrogen and oxygen atoms in total. The second-order valence-electron chi connectivity index (χ2n) is 6.25. The fourth-order valence-electron chi connectivity index (χ4n) is 2.95. The largest absolute Gasteiger partial charge is 0.423 e. The second-order valence-corrected chi connectivity index (χ2v) is 6.25. The monoisotopic (exact) mass is 353 g/mol. The predicted octanol–water partition coefficient (Wildman–Crippen LogP) is 0.128. The van der Waals surface area contributed by atoms with Crippen LogP contribution in [0.15, 0.2) is 18.2 Å². The Balaban J connectivity index is 1.77. The molecule has 2 amide bonds. The van der Waals surface area contributed by atoms with Crippen molar-refractivity contribution in [1.82, 2.24) is 4.90 Å². The van der Waals surface area contributed by atoms with Crippen molar-refractivity contribution >= 4 is 23.4 Å². The van der Waals surface area contributed by atoms with E-state index in [1.807, 2.05) is 0 Å². The molecule has 2 aliphatic heterocycles. The van der Waals surface area contributed by atoms with Crippen molar-refractivity contribution in [2.45, 2.75) is 25.4 Å². The maximum atomic E-state index is 14.5. The Labute approximate surface area is 144 Å². The van der Waals surface area contributed by atoms with E-state index in [1.165, 1.54) is 35.9 Å². The fourth-order valence-corrected chi connectivity index (χ4v) is 2.95. The molecule has 3 atom stereocenters. The van der Waals surface area contributed by atoms with Gasteiger partial charge in [-0.15, -0.1) is 0 Å².